The fourth-order valence-corrected chi connectivity index (χ4v) is 1.39. The molecule has 0 spiro atoms. The van der Waals surface area contributed by atoms with Gasteiger partial charge in [-0.3, -0.25) is 0 Å². The SMILES string of the molecule is CC(C)OC(=O)N[C@@H]1CCCNC1. The molecular weight excluding hydrogens is 168 g/mol. The lowest BCUT2D eigenvalue weighted by Gasteiger charge is -2.23. The second-order valence-corrected chi connectivity index (χ2v) is 3.64. The molecule has 1 heterocycles. The molecule has 4 nitrogen and oxygen atoms in total. The van der Waals surface area contributed by atoms with Crippen LogP contribution in [0.25, 0.3) is 0 Å². The van der Waals surface area contributed by atoms with Crippen LogP contribution in [0, 0.1) is 0 Å². The number of carbonyl (C=O) groups is 1. The standard InChI is InChI=1S/C9H18N2O2/c1-7(2)13-9(12)11-8-4-3-5-10-6-8/h7-8,10H,3-6H2,1-2H3,(H,11,12)/t8-/m1/s1. The smallest absolute Gasteiger partial charge is 0.407 e. The first kappa shape index (κ1) is 10.3. The van der Waals surface area contributed by atoms with Gasteiger partial charge in [-0.05, 0) is 33.2 Å². The van der Waals surface area contributed by atoms with Gasteiger partial charge in [0.25, 0.3) is 0 Å². The van der Waals surface area contributed by atoms with Crippen LogP contribution in [-0.4, -0.2) is 31.3 Å². The second-order valence-electron chi connectivity index (χ2n) is 3.64. The first-order chi connectivity index (χ1) is 6.18. The van der Waals surface area contributed by atoms with Crippen LogP contribution in [0.5, 0.6) is 0 Å². The molecule has 1 atom stereocenters. The van der Waals surface area contributed by atoms with Crippen LogP contribution >= 0.6 is 0 Å². The van der Waals surface area contributed by atoms with Crippen LogP contribution in [0.3, 0.4) is 0 Å². The van der Waals surface area contributed by atoms with Crippen LogP contribution in [-0.2, 0) is 4.74 Å². The number of alkyl carbamates (subject to hydrolysis) is 1. The maximum absolute atomic E-state index is 11.2. The average Bonchev–Trinajstić information content (AvgIpc) is 2.04. The summed E-state index contributed by atoms with van der Waals surface area (Å²) in [6, 6.07) is 0.236. The van der Waals surface area contributed by atoms with Crippen LogP contribution in [0.1, 0.15) is 26.7 Å². The van der Waals surface area contributed by atoms with E-state index >= 15 is 0 Å². The van der Waals surface area contributed by atoms with Crippen molar-refractivity contribution in [3.05, 3.63) is 0 Å². The van der Waals surface area contributed by atoms with Crippen molar-refractivity contribution in [2.75, 3.05) is 13.1 Å². The van der Waals surface area contributed by atoms with E-state index < -0.39 is 0 Å². The zero-order valence-corrected chi connectivity index (χ0v) is 8.30. The Labute approximate surface area is 79.0 Å². The van der Waals surface area contributed by atoms with Gasteiger partial charge < -0.3 is 15.4 Å². The molecule has 1 aliphatic heterocycles. The number of piperidine rings is 1. The molecule has 0 aromatic rings. The van der Waals surface area contributed by atoms with Gasteiger partial charge in [0.05, 0.1) is 6.10 Å². The summed E-state index contributed by atoms with van der Waals surface area (Å²) < 4.78 is 4.98. The molecule has 0 saturated carbocycles. The summed E-state index contributed by atoms with van der Waals surface area (Å²) in [5.41, 5.74) is 0. The molecule has 2 N–H and O–H groups in total. The van der Waals surface area contributed by atoms with Gasteiger partial charge in [0.2, 0.25) is 0 Å². The Hall–Kier alpha value is -0.770. The normalized spacial score (nSPS) is 22.8. The number of hydrogen-bond donors (Lipinski definition) is 2. The molecule has 1 aliphatic rings. The summed E-state index contributed by atoms with van der Waals surface area (Å²) in [4.78, 5) is 11.2. The van der Waals surface area contributed by atoms with Gasteiger partial charge in [-0.2, -0.15) is 0 Å². The Balaban J connectivity index is 2.18. The van der Waals surface area contributed by atoms with Gasteiger partial charge in [0, 0.05) is 12.6 Å². The van der Waals surface area contributed by atoms with Crippen molar-refractivity contribution in [2.45, 2.75) is 38.8 Å². The highest BCUT2D eigenvalue weighted by Crippen LogP contribution is 2.01. The summed E-state index contributed by atoms with van der Waals surface area (Å²) in [5, 5.41) is 6.05. The van der Waals surface area contributed by atoms with E-state index in [0.717, 1.165) is 25.9 Å². The maximum Gasteiger partial charge on any atom is 0.407 e. The van der Waals surface area contributed by atoms with Gasteiger partial charge in [-0.25, -0.2) is 4.79 Å². The lowest BCUT2D eigenvalue weighted by atomic mass is 10.1. The molecule has 1 rings (SSSR count). The molecule has 0 aliphatic carbocycles. The van der Waals surface area contributed by atoms with Crippen molar-refractivity contribution in [1.29, 1.82) is 0 Å². The largest absolute Gasteiger partial charge is 0.447 e. The molecule has 0 unspecified atom stereocenters. The lowest BCUT2D eigenvalue weighted by molar-refractivity contribution is 0.110. The van der Waals surface area contributed by atoms with E-state index in [1.54, 1.807) is 0 Å². The zero-order chi connectivity index (χ0) is 9.68. The van der Waals surface area contributed by atoms with Gasteiger partial charge >= 0.3 is 6.09 Å². The number of hydrogen-bond acceptors (Lipinski definition) is 3. The second kappa shape index (κ2) is 5.07. The van der Waals surface area contributed by atoms with Crippen molar-refractivity contribution < 1.29 is 9.53 Å². The monoisotopic (exact) mass is 186 g/mol. The van der Waals surface area contributed by atoms with E-state index in [1.165, 1.54) is 0 Å². The molecule has 13 heavy (non-hydrogen) atoms. The topological polar surface area (TPSA) is 50.4 Å². The third-order valence-electron chi connectivity index (χ3n) is 1.96. The third-order valence-corrected chi connectivity index (χ3v) is 1.96. The molecular formula is C9H18N2O2. The van der Waals surface area contributed by atoms with Crippen molar-refractivity contribution in [1.82, 2.24) is 10.6 Å². The molecule has 76 valence electrons. The number of rotatable bonds is 2. The number of amides is 1. The highest BCUT2D eigenvalue weighted by Gasteiger charge is 2.16. The van der Waals surface area contributed by atoms with Gasteiger partial charge in [0.15, 0.2) is 0 Å². The molecule has 1 fully saturated rings. The summed E-state index contributed by atoms with van der Waals surface area (Å²) in [6.45, 7) is 5.60. The fourth-order valence-electron chi connectivity index (χ4n) is 1.39. The maximum atomic E-state index is 11.2. The average molecular weight is 186 g/mol. The first-order valence-electron chi connectivity index (χ1n) is 4.86. The minimum Gasteiger partial charge on any atom is -0.447 e. The van der Waals surface area contributed by atoms with Crippen molar-refractivity contribution in [3.63, 3.8) is 0 Å². The molecule has 1 amide bonds. The van der Waals surface area contributed by atoms with Gasteiger partial charge in [-0.15, -0.1) is 0 Å². The third kappa shape index (κ3) is 4.12. The summed E-state index contributed by atoms with van der Waals surface area (Å²) in [6.07, 6.45) is 1.81. The Morgan fingerprint density at radius 1 is 1.62 bits per heavy atom. The first-order valence-corrected chi connectivity index (χ1v) is 4.86. The molecule has 0 bridgehead atoms. The summed E-state index contributed by atoms with van der Waals surface area (Å²) in [7, 11) is 0. The Bertz CT molecular complexity index is 165. The molecule has 4 heteroatoms. The highest BCUT2D eigenvalue weighted by atomic mass is 16.6. The number of carbonyl (C=O) groups excluding carboxylic acids is 1. The van der Waals surface area contributed by atoms with Crippen molar-refractivity contribution in [3.8, 4) is 0 Å². The van der Waals surface area contributed by atoms with Crippen LogP contribution in [0.15, 0.2) is 0 Å². The van der Waals surface area contributed by atoms with E-state index in [9.17, 15) is 4.79 Å². The minimum atomic E-state index is -0.302. The molecule has 0 aromatic carbocycles. The predicted octanol–water partition coefficient (Wildman–Crippen LogP) is 0.873. The van der Waals surface area contributed by atoms with Crippen molar-refractivity contribution in [2.24, 2.45) is 0 Å². The van der Waals surface area contributed by atoms with E-state index in [0.29, 0.717) is 0 Å². The number of ether oxygens (including phenoxy) is 1. The fraction of sp³-hybridized carbons (Fsp3) is 0.889. The van der Waals surface area contributed by atoms with Crippen LogP contribution in [0.4, 0.5) is 4.79 Å². The van der Waals surface area contributed by atoms with E-state index in [-0.39, 0.29) is 18.2 Å². The zero-order valence-electron chi connectivity index (χ0n) is 8.30. The van der Waals surface area contributed by atoms with Gasteiger partial charge in [-0.1, -0.05) is 0 Å². The van der Waals surface area contributed by atoms with Crippen LogP contribution in [0.2, 0.25) is 0 Å². The molecule has 0 aromatic heterocycles. The molecule has 0 radical (unpaired) electrons. The number of nitrogens with one attached hydrogen (secondary N) is 2. The Morgan fingerprint density at radius 2 is 2.38 bits per heavy atom. The Kier molecular flexibility index (Phi) is 4.02. The minimum absolute atomic E-state index is 0.0449. The van der Waals surface area contributed by atoms with Crippen LogP contribution < -0.4 is 10.6 Å². The van der Waals surface area contributed by atoms with Gasteiger partial charge in [0.1, 0.15) is 0 Å². The molecule has 1 saturated heterocycles. The van der Waals surface area contributed by atoms with E-state index in [1.807, 2.05) is 13.8 Å². The Morgan fingerprint density at radius 3 is 2.92 bits per heavy atom. The summed E-state index contributed by atoms with van der Waals surface area (Å²) >= 11 is 0. The van der Waals surface area contributed by atoms with Crippen molar-refractivity contribution >= 4 is 6.09 Å². The highest BCUT2D eigenvalue weighted by molar-refractivity contribution is 5.67. The van der Waals surface area contributed by atoms with E-state index in [4.69, 9.17) is 4.74 Å². The van der Waals surface area contributed by atoms with E-state index in [2.05, 4.69) is 10.6 Å². The summed E-state index contributed by atoms with van der Waals surface area (Å²) in [5.74, 6) is 0. The predicted molar refractivity (Wildman–Crippen MR) is 50.6 cm³/mol. The lowest BCUT2D eigenvalue weighted by Crippen LogP contribution is -2.46. The quantitative estimate of drug-likeness (QED) is 0.673.